The maximum Gasteiger partial charge on any atom is 1.00 e. The minimum Gasteiger partial charge on any atom is -0.563 e. The minimum absolute atomic E-state index is 0. The van der Waals surface area contributed by atoms with E-state index in [0.29, 0.717) is 0 Å². The van der Waals surface area contributed by atoms with Crippen LogP contribution in [-0.2, 0) is 13.4 Å². The smallest absolute Gasteiger partial charge is 0.563 e. The molecule has 28 heavy (non-hydrogen) atoms. The Labute approximate surface area is 217 Å². The fraction of sp³-hybridized carbons (Fsp3) is 0.889. The summed E-state index contributed by atoms with van der Waals surface area (Å²) in [5, 5.41) is 8.58. The summed E-state index contributed by atoms with van der Waals surface area (Å²) in [7, 11) is -6.47. The summed E-state index contributed by atoms with van der Waals surface area (Å²) in [5.74, 6) is 0. The van der Waals surface area contributed by atoms with Crippen LogP contribution in [0.25, 0.3) is 0 Å². The van der Waals surface area contributed by atoms with Gasteiger partial charge in [-0.3, -0.25) is 0 Å². The molecule has 0 aliphatic carbocycles. The third kappa shape index (κ3) is 42.0. The van der Waals surface area contributed by atoms with E-state index in [2.05, 4.69) is 17.3 Å². The van der Waals surface area contributed by atoms with E-state index in [-0.39, 0.29) is 65.7 Å². The summed E-state index contributed by atoms with van der Waals surface area (Å²) in [5.41, 5.74) is 0. The summed E-state index contributed by atoms with van der Waals surface area (Å²) in [4.78, 5) is 18.5. The molecular weight excluding hydrogens is 420 g/mol. The van der Waals surface area contributed by atoms with Crippen LogP contribution in [0.1, 0.15) is 96.8 Å². The van der Waals surface area contributed by atoms with Gasteiger partial charge in [-0.15, -0.1) is 0 Å². The molecule has 0 aliphatic rings. The van der Waals surface area contributed by atoms with Gasteiger partial charge in [-0.25, -0.2) is 0 Å². The third-order valence-corrected chi connectivity index (χ3v) is 4.95. The fourth-order valence-electron chi connectivity index (χ4n) is 2.53. The van der Waals surface area contributed by atoms with Crippen molar-refractivity contribution in [2.24, 2.45) is 0 Å². The molecule has 0 fully saturated rings. The van der Waals surface area contributed by atoms with Gasteiger partial charge in [-0.2, -0.15) is 0 Å². The Kier molecular flexibility index (Phi) is 44.3. The molecule has 0 bridgehead atoms. The fourth-order valence-corrected chi connectivity index (χ4v) is 2.96. The van der Waals surface area contributed by atoms with Gasteiger partial charge in [0.1, 0.15) is 4.31 Å². The molecule has 2 atom stereocenters. The molecular formula is C18H36Na2O6P2+2. The van der Waals surface area contributed by atoms with Gasteiger partial charge in [0, 0.05) is 0 Å². The predicted molar refractivity (Wildman–Crippen MR) is 103 cm³/mol. The van der Waals surface area contributed by atoms with Crippen LogP contribution in [0.5, 0.6) is 0 Å². The van der Waals surface area contributed by atoms with Crippen LogP contribution in [0.2, 0.25) is 0 Å². The average molecular weight is 456 g/mol. The first-order chi connectivity index (χ1) is 12.5. The van der Waals surface area contributed by atoms with Crippen molar-refractivity contribution >= 4 is 16.5 Å². The van der Waals surface area contributed by atoms with Gasteiger partial charge in [0.2, 0.25) is 0 Å². The molecule has 1 N–H and O–H groups in total. The second-order valence-electron chi connectivity index (χ2n) is 6.21. The van der Waals surface area contributed by atoms with Crippen LogP contribution in [0.3, 0.4) is 0 Å². The topological polar surface area (TPSA) is 110 Å². The molecule has 0 saturated heterocycles. The number of allylic oxidation sites excluding steroid dienone is 1. The van der Waals surface area contributed by atoms with Gasteiger partial charge in [-0.1, -0.05) is 96.1 Å². The summed E-state index contributed by atoms with van der Waals surface area (Å²) in [6.07, 6.45) is 23.4. The molecule has 0 aromatic heterocycles. The largest absolute Gasteiger partial charge is 1.00 e. The first kappa shape index (κ1) is 37.1. The normalized spacial score (nSPS) is 11.1. The van der Waals surface area contributed by atoms with E-state index >= 15 is 0 Å². The summed E-state index contributed by atoms with van der Waals surface area (Å²) in [6.45, 7) is 2.47. The van der Waals surface area contributed by atoms with E-state index in [1.807, 2.05) is 6.08 Å². The number of hydrogen-bond donors (Lipinski definition) is 1. The Morgan fingerprint density at radius 2 is 1.07 bits per heavy atom. The number of rotatable bonds is 17. The molecule has 0 saturated carbocycles. The first-order valence-corrected chi connectivity index (χ1v) is 12.0. The quantitative estimate of drug-likeness (QED) is 0.131. The monoisotopic (exact) mass is 456 g/mol. The van der Waals surface area contributed by atoms with Gasteiger partial charge in [0.05, 0.1) is 6.61 Å². The van der Waals surface area contributed by atoms with E-state index < -0.39 is 16.5 Å². The molecule has 2 unspecified atom stereocenters. The van der Waals surface area contributed by atoms with E-state index in [0.717, 1.165) is 6.42 Å². The minimum atomic E-state index is -3.24. The number of aliphatic hydroxyl groups excluding tert-OH is 1. The Morgan fingerprint density at radius 1 is 0.714 bits per heavy atom. The second kappa shape index (κ2) is 33.4. The Morgan fingerprint density at radius 3 is 1.36 bits per heavy atom. The standard InChI is InChI=1S/C18H36O.2Na.O5P2/c1-2-3-4-5-6-7-8-9-10-11-12-13-14-15-16-17-18-19;;;1-6(2)5-7(3)4/h16-17,19H,2-15,18H2,1H3;;;/q;2*+1;. The predicted octanol–water partition coefficient (Wildman–Crippen LogP) is -0.937. The van der Waals surface area contributed by atoms with Crippen LogP contribution < -0.4 is 68.9 Å². The van der Waals surface area contributed by atoms with Gasteiger partial charge >= 0.3 is 75.6 Å². The molecule has 0 aromatic carbocycles. The Balaban J connectivity index is -0.000000274. The van der Waals surface area contributed by atoms with Crippen molar-refractivity contribution in [1.82, 2.24) is 0 Å². The van der Waals surface area contributed by atoms with E-state index in [1.165, 1.54) is 83.5 Å². The van der Waals surface area contributed by atoms with Crippen LogP contribution in [0.4, 0.5) is 0 Å². The van der Waals surface area contributed by atoms with Gasteiger partial charge in [-0.05, 0) is 22.0 Å². The number of unbranched alkanes of at least 4 members (excludes halogenated alkanes) is 13. The molecule has 0 aliphatic heterocycles. The summed E-state index contributed by atoms with van der Waals surface area (Å²) >= 11 is 0. The van der Waals surface area contributed by atoms with Crippen molar-refractivity contribution in [3.63, 3.8) is 0 Å². The van der Waals surface area contributed by atoms with Crippen molar-refractivity contribution in [3.05, 3.63) is 12.2 Å². The Bertz CT molecular complexity index is 349. The van der Waals surface area contributed by atoms with Crippen molar-refractivity contribution in [3.8, 4) is 0 Å². The van der Waals surface area contributed by atoms with Crippen molar-refractivity contribution < 1.29 is 87.4 Å². The SMILES string of the molecule is CCCCCCCCCCCCCCCC=CCO.O=[P+]([O-])O[P+](=O)[O-].[Na+].[Na+]. The average Bonchev–Trinajstić information content (AvgIpc) is 2.58. The van der Waals surface area contributed by atoms with Gasteiger partial charge in [0.25, 0.3) is 0 Å². The zero-order chi connectivity index (χ0) is 19.9. The molecule has 0 heterocycles. The maximum atomic E-state index is 9.24. The number of hydrogen-bond acceptors (Lipinski definition) is 6. The van der Waals surface area contributed by atoms with E-state index in [1.54, 1.807) is 0 Å². The zero-order valence-electron chi connectivity index (χ0n) is 18.1. The molecule has 6 nitrogen and oxygen atoms in total. The number of aliphatic hydroxyl groups is 1. The second-order valence-corrected chi connectivity index (χ2v) is 7.76. The van der Waals surface area contributed by atoms with Gasteiger partial charge in [0.15, 0.2) is 0 Å². The zero-order valence-corrected chi connectivity index (χ0v) is 23.9. The molecule has 0 aromatic rings. The molecule has 0 spiro atoms. The third-order valence-electron chi connectivity index (χ3n) is 3.88. The molecule has 0 rings (SSSR count). The summed E-state index contributed by atoms with van der Waals surface area (Å²) < 4.78 is 21.6. The van der Waals surface area contributed by atoms with Gasteiger partial charge < -0.3 is 14.9 Å². The molecule has 0 radical (unpaired) electrons. The van der Waals surface area contributed by atoms with Crippen LogP contribution in [-0.4, -0.2) is 11.7 Å². The molecule has 154 valence electrons. The Hall–Kier alpha value is 1.78. The summed E-state index contributed by atoms with van der Waals surface area (Å²) in [6, 6.07) is 0. The maximum absolute atomic E-state index is 9.24. The van der Waals surface area contributed by atoms with Crippen LogP contribution in [0, 0.1) is 0 Å². The van der Waals surface area contributed by atoms with Crippen LogP contribution in [0.15, 0.2) is 12.2 Å². The van der Waals surface area contributed by atoms with Crippen LogP contribution >= 0.6 is 16.5 Å². The molecule has 0 amide bonds. The van der Waals surface area contributed by atoms with Crippen molar-refractivity contribution in [2.75, 3.05) is 6.61 Å². The van der Waals surface area contributed by atoms with E-state index in [9.17, 15) is 18.9 Å². The van der Waals surface area contributed by atoms with Crippen molar-refractivity contribution in [2.45, 2.75) is 96.8 Å². The molecule has 10 heteroatoms. The van der Waals surface area contributed by atoms with E-state index in [4.69, 9.17) is 5.11 Å². The first-order valence-electron chi connectivity index (χ1n) is 9.77. The van der Waals surface area contributed by atoms with Crippen molar-refractivity contribution in [1.29, 1.82) is 0 Å².